The number of aliphatic imine (C=N–C) groups is 1. The van der Waals surface area contributed by atoms with E-state index in [1.807, 2.05) is 18.9 Å². The molecule has 0 saturated carbocycles. The van der Waals surface area contributed by atoms with Crippen LogP contribution in [0.5, 0.6) is 0 Å². The monoisotopic (exact) mass is 434 g/mol. The number of imidazole rings is 1. The molecule has 1 aromatic heterocycles. The fourth-order valence-corrected chi connectivity index (χ4v) is 4.03. The van der Waals surface area contributed by atoms with Crippen molar-refractivity contribution in [3.05, 3.63) is 11.4 Å². The van der Waals surface area contributed by atoms with Crippen molar-refractivity contribution in [3.63, 3.8) is 0 Å². The van der Waals surface area contributed by atoms with Crippen molar-refractivity contribution in [1.82, 2.24) is 19.8 Å². The van der Waals surface area contributed by atoms with E-state index in [0.717, 1.165) is 0 Å². The third-order valence-electron chi connectivity index (χ3n) is 5.67. The lowest BCUT2D eigenvalue weighted by molar-refractivity contribution is -0.143. The lowest BCUT2D eigenvalue weighted by atomic mass is 10.0. The summed E-state index contributed by atoms with van der Waals surface area (Å²) in [7, 11) is 4.36. The second-order valence-corrected chi connectivity index (χ2v) is 8.68. The smallest absolute Gasteiger partial charge is 0.407 e. The lowest BCUT2D eigenvalue weighted by Gasteiger charge is -2.44. The van der Waals surface area contributed by atoms with Gasteiger partial charge in [-0.15, -0.1) is 0 Å². The highest BCUT2D eigenvalue weighted by Crippen LogP contribution is 2.35. The molecule has 0 aromatic carbocycles. The molecule has 0 saturated heterocycles. The summed E-state index contributed by atoms with van der Waals surface area (Å²) in [6, 6.07) is -1.48. The van der Waals surface area contributed by atoms with Gasteiger partial charge in [-0.3, -0.25) is 14.4 Å². The Labute approximate surface area is 181 Å². The number of esters is 1. The van der Waals surface area contributed by atoms with Crippen molar-refractivity contribution in [2.75, 3.05) is 26.2 Å². The van der Waals surface area contributed by atoms with Gasteiger partial charge in [0.2, 0.25) is 5.95 Å². The van der Waals surface area contributed by atoms with Gasteiger partial charge in [0.25, 0.3) is 5.91 Å². The summed E-state index contributed by atoms with van der Waals surface area (Å²) in [5.41, 5.74) is 1.15. The molecule has 31 heavy (non-hydrogen) atoms. The maximum atomic E-state index is 13.4. The van der Waals surface area contributed by atoms with Gasteiger partial charge in [-0.05, 0) is 40.5 Å². The van der Waals surface area contributed by atoms with Crippen LogP contribution in [0.3, 0.4) is 0 Å². The molecule has 11 nitrogen and oxygen atoms in total. The van der Waals surface area contributed by atoms with Gasteiger partial charge in [0.1, 0.15) is 12.2 Å². The zero-order valence-electron chi connectivity index (χ0n) is 19.0. The van der Waals surface area contributed by atoms with Crippen LogP contribution in [-0.4, -0.2) is 83.8 Å². The van der Waals surface area contributed by atoms with Crippen molar-refractivity contribution in [1.29, 1.82) is 0 Å². The van der Waals surface area contributed by atoms with Crippen LogP contribution in [0.25, 0.3) is 0 Å². The average Bonchev–Trinajstić information content (AvgIpc) is 3.30. The number of hydrogen-bond acceptors (Lipinski definition) is 9. The van der Waals surface area contributed by atoms with Crippen LogP contribution in [0.2, 0.25) is 0 Å². The first-order chi connectivity index (χ1) is 14.5. The van der Waals surface area contributed by atoms with Crippen molar-refractivity contribution < 1.29 is 23.9 Å². The van der Waals surface area contributed by atoms with Crippen molar-refractivity contribution >= 4 is 30.3 Å². The number of ether oxygens (including phenoxy) is 2. The Hall–Kier alpha value is -3.11. The number of likely N-dealkylation sites (N-methyl/N-ethyl adjacent to an activating group) is 1. The molecule has 3 heterocycles. The number of nitrogens with one attached hydrogen (secondary N) is 1. The van der Waals surface area contributed by atoms with Crippen molar-refractivity contribution in [2.45, 2.75) is 64.3 Å². The Balaban J connectivity index is 1.89. The zero-order chi connectivity index (χ0) is 23.1. The molecule has 1 N–H and O–H groups in total. The highest BCUT2D eigenvalue weighted by atomic mass is 16.5. The van der Waals surface area contributed by atoms with Gasteiger partial charge >= 0.3 is 12.1 Å². The van der Waals surface area contributed by atoms with Crippen molar-refractivity contribution in [2.24, 2.45) is 4.99 Å². The fourth-order valence-electron chi connectivity index (χ4n) is 4.03. The number of fused-ring (bicyclic) bond motifs is 2. The normalized spacial score (nSPS) is 20.9. The number of aromatic nitrogens is 2. The third-order valence-corrected chi connectivity index (χ3v) is 5.67. The van der Waals surface area contributed by atoms with E-state index in [4.69, 9.17) is 4.74 Å². The zero-order valence-corrected chi connectivity index (χ0v) is 19.0. The first-order valence-corrected chi connectivity index (χ1v) is 10.1. The number of anilines is 1. The predicted molar refractivity (Wildman–Crippen MR) is 113 cm³/mol. The minimum absolute atomic E-state index is 0.160. The average molecular weight is 434 g/mol. The number of alkyl carbamates (subject to hydrolysis) is 1. The molecular formula is C20H30N6O5. The van der Waals surface area contributed by atoms with Gasteiger partial charge in [0.15, 0.2) is 6.04 Å². The molecule has 1 aromatic rings. The van der Waals surface area contributed by atoms with E-state index in [1.165, 1.54) is 14.2 Å². The van der Waals surface area contributed by atoms with Crippen molar-refractivity contribution in [3.8, 4) is 0 Å². The number of hydrogen-bond donors (Lipinski definition) is 1. The van der Waals surface area contributed by atoms with Gasteiger partial charge in [0, 0.05) is 12.6 Å². The summed E-state index contributed by atoms with van der Waals surface area (Å²) in [5, 5.41) is 2.47. The third kappa shape index (κ3) is 3.96. The SMILES string of the molecule is COC(=O)NC(CCc1c(C)nc2n1C(=O)C1N=CN(C(C)(C)C)C1N2C)C(=O)OC. The molecule has 3 unspecified atom stereocenters. The minimum Gasteiger partial charge on any atom is -0.467 e. The van der Waals surface area contributed by atoms with Crippen LogP contribution in [0.15, 0.2) is 4.99 Å². The highest BCUT2D eigenvalue weighted by molar-refractivity contribution is 5.94. The molecule has 0 radical (unpaired) electrons. The van der Waals surface area contributed by atoms with Crippen LogP contribution in [0, 0.1) is 6.92 Å². The highest BCUT2D eigenvalue weighted by Gasteiger charge is 2.49. The van der Waals surface area contributed by atoms with E-state index in [9.17, 15) is 14.4 Å². The van der Waals surface area contributed by atoms with Gasteiger partial charge in [-0.25, -0.2) is 14.6 Å². The maximum Gasteiger partial charge on any atom is 0.407 e. The minimum atomic E-state index is -0.909. The first kappa shape index (κ1) is 22.6. The lowest BCUT2D eigenvalue weighted by Crippen LogP contribution is -2.60. The van der Waals surface area contributed by atoms with Crippen LogP contribution in [0.4, 0.5) is 10.7 Å². The van der Waals surface area contributed by atoms with E-state index < -0.39 is 24.1 Å². The number of nitrogens with zero attached hydrogens (tertiary/aromatic N) is 5. The van der Waals surface area contributed by atoms with E-state index in [2.05, 4.69) is 45.7 Å². The van der Waals surface area contributed by atoms with Gasteiger partial charge in [0.05, 0.1) is 31.9 Å². The molecule has 0 fully saturated rings. The summed E-state index contributed by atoms with van der Waals surface area (Å²) < 4.78 is 10.9. The topological polar surface area (TPSA) is 118 Å². The molecular weight excluding hydrogens is 404 g/mol. The Morgan fingerprint density at radius 2 is 1.94 bits per heavy atom. The number of carbonyl (C=O) groups excluding carboxylic acids is 3. The van der Waals surface area contributed by atoms with E-state index in [-0.39, 0.29) is 24.0 Å². The summed E-state index contributed by atoms with van der Waals surface area (Å²) in [6.45, 7) is 8.03. The summed E-state index contributed by atoms with van der Waals surface area (Å²) in [4.78, 5) is 50.2. The van der Waals surface area contributed by atoms with Crippen LogP contribution < -0.4 is 10.2 Å². The molecule has 2 aliphatic rings. The maximum absolute atomic E-state index is 13.4. The molecule has 1 amide bonds. The number of amides is 1. The Morgan fingerprint density at radius 3 is 2.52 bits per heavy atom. The molecule has 170 valence electrons. The van der Waals surface area contributed by atoms with Gasteiger partial charge < -0.3 is 24.6 Å². The molecule has 3 rings (SSSR count). The van der Waals surface area contributed by atoms with Crippen LogP contribution >= 0.6 is 0 Å². The molecule has 0 aliphatic carbocycles. The number of aryl methyl sites for hydroxylation is 1. The van der Waals surface area contributed by atoms with Gasteiger partial charge in [-0.1, -0.05) is 0 Å². The standard InChI is InChI=1S/C20H30N6O5/c1-11-13(9-8-12(17(28)30-6)23-19(29)31-7)26-16(27)14-15(24(5)18(26)22-11)25(10-21-14)20(2,3)4/h10,12,14-15H,8-9H2,1-7H3,(H,23,29). The van der Waals surface area contributed by atoms with E-state index in [1.54, 1.807) is 10.9 Å². The van der Waals surface area contributed by atoms with Gasteiger partial charge in [-0.2, -0.15) is 0 Å². The quantitative estimate of drug-likeness (QED) is 0.681. The second kappa shape index (κ2) is 8.20. The molecule has 0 spiro atoms. The summed E-state index contributed by atoms with van der Waals surface area (Å²) >= 11 is 0. The molecule has 0 bridgehead atoms. The number of methoxy groups -OCH3 is 2. The fraction of sp³-hybridized carbons (Fsp3) is 0.650. The molecule has 2 aliphatic heterocycles. The molecule has 3 atom stereocenters. The summed E-state index contributed by atoms with van der Waals surface area (Å²) in [6.07, 6.45) is 1.29. The van der Waals surface area contributed by atoms with E-state index >= 15 is 0 Å². The predicted octanol–water partition coefficient (Wildman–Crippen LogP) is 0.949. The van der Waals surface area contributed by atoms with Crippen LogP contribution in [0.1, 0.15) is 43.4 Å². The second-order valence-electron chi connectivity index (χ2n) is 8.68. The number of rotatable bonds is 5. The van der Waals surface area contributed by atoms with E-state index in [0.29, 0.717) is 23.8 Å². The largest absolute Gasteiger partial charge is 0.467 e. The Bertz CT molecular complexity index is 918. The van der Waals surface area contributed by atoms with Crippen LogP contribution in [-0.2, 0) is 20.7 Å². The summed E-state index contributed by atoms with van der Waals surface area (Å²) in [5.74, 6) is -0.215. The Morgan fingerprint density at radius 1 is 1.26 bits per heavy atom. The molecule has 11 heteroatoms. The Kier molecular flexibility index (Phi) is 5.97. The number of carbonyl (C=O) groups is 3. The first-order valence-electron chi connectivity index (χ1n) is 10.1.